The van der Waals surface area contributed by atoms with E-state index in [9.17, 15) is 9.18 Å². The van der Waals surface area contributed by atoms with Crippen LogP contribution in [0.25, 0.3) is 0 Å². The second-order valence-electron chi connectivity index (χ2n) is 5.16. The lowest BCUT2D eigenvalue weighted by atomic mass is 10.1. The van der Waals surface area contributed by atoms with Gasteiger partial charge in [0.1, 0.15) is 5.82 Å². The number of likely N-dealkylation sites (tertiary alicyclic amines) is 1. The van der Waals surface area contributed by atoms with Crippen molar-refractivity contribution < 1.29 is 13.9 Å². The molecule has 6 heteroatoms. The second kappa shape index (κ2) is 8.07. The van der Waals surface area contributed by atoms with E-state index in [-0.39, 0.29) is 24.2 Å². The van der Waals surface area contributed by atoms with Crippen LogP contribution in [-0.2, 0) is 9.53 Å². The molecule has 1 aromatic carbocycles. The van der Waals surface area contributed by atoms with Crippen LogP contribution >= 0.6 is 0 Å². The number of hydrogen-bond acceptors (Lipinski definition) is 4. The molecule has 1 aliphatic heterocycles. The van der Waals surface area contributed by atoms with Gasteiger partial charge in [-0.3, -0.25) is 9.69 Å². The molecule has 1 aromatic rings. The molecule has 0 aromatic heterocycles. The second-order valence-corrected chi connectivity index (χ2v) is 5.16. The van der Waals surface area contributed by atoms with Crippen molar-refractivity contribution >= 4 is 11.6 Å². The molecule has 0 radical (unpaired) electrons. The average molecular weight is 295 g/mol. The molecule has 1 fully saturated rings. The minimum atomic E-state index is -0.417. The lowest BCUT2D eigenvalue weighted by molar-refractivity contribution is -0.118. The molecule has 1 amide bonds. The Morgan fingerprint density at radius 2 is 2.10 bits per heavy atom. The molecule has 5 nitrogen and oxygen atoms in total. The molecule has 0 spiro atoms. The van der Waals surface area contributed by atoms with Gasteiger partial charge in [-0.2, -0.15) is 0 Å². The van der Waals surface area contributed by atoms with Crippen molar-refractivity contribution in [2.24, 2.45) is 5.73 Å². The zero-order chi connectivity index (χ0) is 15.1. The minimum Gasteiger partial charge on any atom is -0.377 e. The van der Waals surface area contributed by atoms with Crippen LogP contribution in [0.15, 0.2) is 24.3 Å². The van der Waals surface area contributed by atoms with Gasteiger partial charge in [0.25, 0.3) is 0 Å². The SMILES string of the molecule is NCCOC1CCN(CC(=O)Nc2ccccc2F)CC1. The summed E-state index contributed by atoms with van der Waals surface area (Å²) in [5.74, 6) is -0.610. The Morgan fingerprint density at radius 1 is 1.38 bits per heavy atom. The molecule has 3 N–H and O–H groups in total. The van der Waals surface area contributed by atoms with Crippen LogP contribution in [0.4, 0.5) is 10.1 Å². The van der Waals surface area contributed by atoms with Gasteiger partial charge >= 0.3 is 0 Å². The summed E-state index contributed by atoms with van der Waals surface area (Å²) in [6.45, 7) is 3.00. The normalized spacial score (nSPS) is 16.9. The molecule has 0 aliphatic carbocycles. The minimum absolute atomic E-state index is 0.193. The number of rotatable bonds is 6. The van der Waals surface area contributed by atoms with Crippen LogP contribution in [0, 0.1) is 5.82 Å². The molecule has 1 saturated heterocycles. The fraction of sp³-hybridized carbons (Fsp3) is 0.533. The monoisotopic (exact) mass is 295 g/mol. The van der Waals surface area contributed by atoms with Crippen molar-refractivity contribution in [1.29, 1.82) is 0 Å². The maximum atomic E-state index is 13.4. The predicted molar refractivity (Wildman–Crippen MR) is 79.5 cm³/mol. The van der Waals surface area contributed by atoms with Crippen LogP contribution in [0.3, 0.4) is 0 Å². The molecule has 0 unspecified atom stereocenters. The summed E-state index contributed by atoms with van der Waals surface area (Å²) >= 11 is 0. The number of carbonyl (C=O) groups is 1. The van der Waals surface area contributed by atoms with E-state index in [2.05, 4.69) is 10.2 Å². The summed E-state index contributed by atoms with van der Waals surface area (Å²) in [7, 11) is 0. The first-order valence-corrected chi connectivity index (χ1v) is 7.27. The molecule has 21 heavy (non-hydrogen) atoms. The number of carbonyl (C=O) groups excluding carboxylic acids is 1. The number of hydrogen-bond donors (Lipinski definition) is 2. The Bertz CT molecular complexity index is 462. The van der Waals surface area contributed by atoms with Gasteiger partial charge in [0.2, 0.25) is 5.91 Å². The van der Waals surface area contributed by atoms with Gasteiger partial charge in [0.15, 0.2) is 0 Å². The third kappa shape index (κ3) is 5.08. The molecule has 0 saturated carbocycles. The maximum Gasteiger partial charge on any atom is 0.238 e. The highest BCUT2D eigenvalue weighted by Crippen LogP contribution is 2.15. The molecule has 0 bridgehead atoms. The Balaban J connectivity index is 1.73. The fourth-order valence-corrected chi connectivity index (χ4v) is 2.42. The maximum absolute atomic E-state index is 13.4. The summed E-state index contributed by atoms with van der Waals surface area (Å²) in [5.41, 5.74) is 5.63. The number of ether oxygens (including phenoxy) is 1. The van der Waals surface area contributed by atoms with Gasteiger partial charge in [0.05, 0.1) is 24.9 Å². The highest BCUT2D eigenvalue weighted by Gasteiger charge is 2.21. The number of nitrogens with zero attached hydrogens (tertiary/aromatic N) is 1. The highest BCUT2D eigenvalue weighted by molar-refractivity contribution is 5.92. The summed E-state index contributed by atoms with van der Waals surface area (Å²) in [5, 5.41) is 2.60. The lowest BCUT2D eigenvalue weighted by Gasteiger charge is -2.31. The van der Waals surface area contributed by atoms with Crippen LogP contribution in [-0.4, -0.2) is 49.7 Å². The number of halogens is 1. The zero-order valence-corrected chi connectivity index (χ0v) is 12.1. The van der Waals surface area contributed by atoms with Crippen molar-refractivity contribution in [1.82, 2.24) is 4.90 Å². The van der Waals surface area contributed by atoms with E-state index in [1.165, 1.54) is 6.07 Å². The van der Waals surface area contributed by atoms with E-state index in [0.717, 1.165) is 25.9 Å². The Morgan fingerprint density at radius 3 is 2.76 bits per heavy atom. The number of nitrogens with two attached hydrogens (primary N) is 1. The molecule has 2 rings (SSSR count). The lowest BCUT2D eigenvalue weighted by Crippen LogP contribution is -2.41. The van der Waals surface area contributed by atoms with Gasteiger partial charge in [0, 0.05) is 19.6 Å². The Labute approximate surface area is 124 Å². The van der Waals surface area contributed by atoms with Crippen LogP contribution in [0.5, 0.6) is 0 Å². The van der Waals surface area contributed by atoms with Crippen molar-refractivity contribution in [3.63, 3.8) is 0 Å². The molecule has 1 heterocycles. The quantitative estimate of drug-likeness (QED) is 0.827. The zero-order valence-electron chi connectivity index (χ0n) is 12.1. The molecule has 0 atom stereocenters. The smallest absolute Gasteiger partial charge is 0.238 e. The van der Waals surface area contributed by atoms with E-state index in [0.29, 0.717) is 13.2 Å². The van der Waals surface area contributed by atoms with Gasteiger partial charge in [-0.05, 0) is 25.0 Å². The van der Waals surface area contributed by atoms with Crippen LogP contribution < -0.4 is 11.1 Å². The van der Waals surface area contributed by atoms with E-state index in [1.54, 1.807) is 18.2 Å². The average Bonchev–Trinajstić information content (AvgIpc) is 2.49. The van der Waals surface area contributed by atoms with E-state index in [1.807, 2.05) is 0 Å². The number of nitrogens with one attached hydrogen (secondary N) is 1. The van der Waals surface area contributed by atoms with Crippen LogP contribution in [0.2, 0.25) is 0 Å². The van der Waals surface area contributed by atoms with E-state index >= 15 is 0 Å². The molecule has 116 valence electrons. The third-order valence-corrected chi connectivity index (χ3v) is 3.52. The van der Waals surface area contributed by atoms with Crippen LogP contribution in [0.1, 0.15) is 12.8 Å². The summed E-state index contributed by atoms with van der Waals surface area (Å²) in [4.78, 5) is 14.0. The summed E-state index contributed by atoms with van der Waals surface area (Å²) < 4.78 is 19.0. The standard InChI is InChI=1S/C15H22FN3O2/c16-13-3-1-2-4-14(13)18-15(20)11-19-8-5-12(6-9-19)21-10-7-17/h1-4,12H,5-11,17H2,(H,18,20). The predicted octanol–water partition coefficient (Wildman–Crippen LogP) is 1.20. The fourth-order valence-electron chi connectivity index (χ4n) is 2.42. The van der Waals surface area contributed by atoms with Crippen molar-refractivity contribution in [3.05, 3.63) is 30.1 Å². The highest BCUT2D eigenvalue weighted by atomic mass is 19.1. The van der Waals surface area contributed by atoms with E-state index < -0.39 is 5.82 Å². The number of amides is 1. The van der Waals surface area contributed by atoms with Crippen molar-refractivity contribution in [2.75, 3.05) is 38.1 Å². The van der Waals surface area contributed by atoms with Gasteiger partial charge in [-0.25, -0.2) is 4.39 Å². The topological polar surface area (TPSA) is 67.6 Å². The van der Waals surface area contributed by atoms with Gasteiger partial charge in [-0.15, -0.1) is 0 Å². The molecular weight excluding hydrogens is 273 g/mol. The third-order valence-electron chi connectivity index (χ3n) is 3.52. The first-order valence-electron chi connectivity index (χ1n) is 7.27. The van der Waals surface area contributed by atoms with E-state index in [4.69, 9.17) is 10.5 Å². The number of benzene rings is 1. The summed E-state index contributed by atoms with van der Waals surface area (Å²) in [6.07, 6.45) is 2.03. The number of anilines is 1. The number of para-hydroxylation sites is 1. The first kappa shape index (κ1) is 15.9. The largest absolute Gasteiger partial charge is 0.377 e. The first-order chi connectivity index (χ1) is 10.2. The van der Waals surface area contributed by atoms with Crippen molar-refractivity contribution in [2.45, 2.75) is 18.9 Å². The van der Waals surface area contributed by atoms with Crippen molar-refractivity contribution in [3.8, 4) is 0 Å². The Hall–Kier alpha value is -1.50. The molecular formula is C15H22FN3O2. The number of piperidine rings is 1. The Kier molecular flexibility index (Phi) is 6.10. The van der Waals surface area contributed by atoms with Gasteiger partial charge in [-0.1, -0.05) is 12.1 Å². The summed E-state index contributed by atoms with van der Waals surface area (Å²) in [6, 6.07) is 6.17. The molecule has 1 aliphatic rings. The van der Waals surface area contributed by atoms with Gasteiger partial charge < -0.3 is 15.8 Å².